The molecule has 1 fully saturated rings. The topological polar surface area (TPSA) is 52.5 Å². The number of nitrogens with zero attached hydrogens (tertiary/aromatic N) is 4. The van der Waals surface area contributed by atoms with E-state index >= 15 is 0 Å². The third-order valence-corrected chi connectivity index (χ3v) is 4.05. The van der Waals surface area contributed by atoms with Crippen molar-refractivity contribution in [3.05, 3.63) is 18.0 Å². The van der Waals surface area contributed by atoms with Crippen molar-refractivity contribution < 1.29 is 5.11 Å². The molecule has 0 aromatic carbocycles. The molecule has 1 aromatic rings. The van der Waals surface area contributed by atoms with Crippen LogP contribution in [-0.2, 0) is 6.42 Å². The molecule has 0 amide bonds. The summed E-state index contributed by atoms with van der Waals surface area (Å²) in [4.78, 5) is 13.7. The van der Waals surface area contributed by atoms with Crippen LogP contribution in [-0.4, -0.2) is 58.8 Å². The summed E-state index contributed by atoms with van der Waals surface area (Å²) in [5.74, 6) is 1.47. The molecule has 5 nitrogen and oxygen atoms in total. The fourth-order valence-corrected chi connectivity index (χ4v) is 2.90. The molecule has 1 N–H and O–H groups in total. The Morgan fingerprint density at radius 3 is 2.57 bits per heavy atom. The van der Waals surface area contributed by atoms with Crippen LogP contribution in [0.1, 0.15) is 32.8 Å². The van der Waals surface area contributed by atoms with Gasteiger partial charge >= 0.3 is 0 Å². The van der Waals surface area contributed by atoms with Gasteiger partial charge in [-0.25, -0.2) is 9.97 Å². The molecule has 1 aliphatic rings. The number of aliphatic hydroxyl groups excluding tert-OH is 1. The number of aryl methyl sites for hydroxylation is 1. The maximum absolute atomic E-state index is 9.32. The van der Waals surface area contributed by atoms with Gasteiger partial charge < -0.3 is 10.0 Å². The summed E-state index contributed by atoms with van der Waals surface area (Å²) in [7, 11) is 0. The number of aromatic nitrogens is 2. The minimum absolute atomic E-state index is 0.239. The molecule has 0 spiro atoms. The number of anilines is 1. The van der Waals surface area contributed by atoms with Crippen LogP contribution in [0.2, 0.25) is 0 Å². The zero-order valence-corrected chi connectivity index (χ0v) is 13.5. The molecule has 1 atom stereocenters. The summed E-state index contributed by atoms with van der Waals surface area (Å²) in [6.45, 7) is 10.8. The summed E-state index contributed by atoms with van der Waals surface area (Å²) in [5, 5.41) is 9.32. The lowest BCUT2D eigenvalue weighted by Crippen LogP contribution is -2.54. The SMILES string of the molecule is CCc1cnc(N2CCN(CC(C)C)C(CCO)C2)nc1. The Morgan fingerprint density at radius 2 is 2.00 bits per heavy atom. The van der Waals surface area contributed by atoms with Crippen LogP contribution in [0.3, 0.4) is 0 Å². The fraction of sp³-hybridized carbons (Fsp3) is 0.750. The van der Waals surface area contributed by atoms with E-state index in [0.717, 1.165) is 45.0 Å². The number of rotatable bonds is 6. The van der Waals surface area contributed by atoms with E-state index in [1.807, 2.05) is 12.4 Å². The molecule has 2 rings (SSSR count). The lowest BCUT2D eigenvalue weighted by Gasteiger charge is -2.42. The zero-order valence-electron chi connectivity index (χ0n) is 13.5. The highest BCUT2D eigenvalue weighted by Crippen LogP contribution is 2.18. The number of piperazine rings is 1. The maximum Gasteiger partial charge on any atom is 0.225 e. The van der Waals surface area contributed by atoms with Crippen molar-refractivity contribution in [2.45, 2.75) is 39.7 Å². The first-order valence-electron chi connectivity index (χ1n) is 8.04. The first kappa shape index (κ1) is 16.2. The average molecular weight is 292 g/mol. The monoisotopic (exact) mass is 292 g/mol. The highest BCUT2D eigenvalue weighted by molar-refractivity contribution is 5.31. The Labute approximate surface area is 128 Å². The van der Waals surface area contributed by atoms with E-state index in [9.17, 15) is 5.11 Å². The predicted molar refractivity (Wildman–Crippen MR) is 85.5 cm³/mol. The maximum atomic E-state index is 9.32. The van der Waals surface area contributed by atoms with Crippen LogP contribution in [0.5, 0.6) is 0 Å². The smallest absolute Gasteiger partial charge is 0.225 e. The second-order valence-corrected chi connectivity index (χ2v) is 6.25. The Bertz CT molecular complexity index is 421. The van der Waals surface area contributed by atoms with Crippen molar-refractivity contribution in [1.82, 2.24) is 14.9 Å². The van der Waals surface area contributed by atoms with Crippen molar-refractivity contribution in [2.75, 3.05) is 37.7 Å². The summed E-state index contributed by atoms with van der Waals surface area (Å²) in [6, 6.07) is 0.389. The fourth-order valence-electron chi connectivity index (χ4n) is 2.90. The van der Waals surface area contributed by atoms with Gasteiger partial charge in [-0.05, 0) is 24.3 Å². The van der Waals surface area contributed by atoms with Gasteiger partial charge in [-0.3, -0.25) is 4.90 Å². The minimum Gasteiger partial charge on any atom is -0.396 e. The van der Waals surface area contributed by atoms with Gasteiger partial charge in [0.05, 0.1) is 0 Å². The van der Waals surface area contributed by atoms with E-state index in [1.165, 1.54) is 5.56 Å². The lowest BCUT2D eigenvalue weighted by molar-refractivity contribution is 0.128. The molecule has 118 valence electrons. The van der Waals surface area contributed by atoms with Gasteiger partial charge in [-0.2, -0.15) is 0 Å². The summed E-state index contributed by atoms with van der Waals surface area (Å²) in [6.07, 6.45) is 5.62. The van der Waals surface area contributed by atoms with Crippen LogP contribution in [0.4, 0.5) is 5.95 Å². The molecular formula is C16H28N4O. The molecule has 1 unspecified atom stereocenters. The number of hydrogen-bond acceptors (Lipinski definition) is 5. The average Bonchev–Trinajstić information content (AvgIpc) is 2.49. The van der Waals surface area contributed by atoms with E-state index in [4.69, 9.17) is 0 Å². The van der Waals surface area contributed by atoms with Crippen LogP contribution in [0, 0.1) is 5.92 Å². The van der Waals surface area contributed by atoms with E-state index in [2.05, 4.69) is 40.5 Å². The lowest BCUT2D eigenvalue weighted by atomic mass is 10.1. The molecule has 0 saturated carbocycles. The predicted octanol–water partition coefficient (Wildman–Crippen LogP) is 1.57. The van der Waals surface area contributed by atoms with Crippen LogP contribution in [0.25, 0.3) is 0 Å². The first-order valence-corrected chi connectivity index (χ1v) is 8.04. The van der Waals surface area contributed by atoms with Gasteiger partial charge in [0.1, 0.15) is 0 Å². The van der Waals surface area contributed by atoms with Crippen molar-refractivity contribution in [2.24, 2.45) is 5.92 Å². The van der Waals surface area contributed by atoms with E-state index in [0.29, 0.717) is 12.0 Å². The Kier molecular flexibility index (Phi) is 5.94. The number of aliphatic hydroxyl groups is 1. The Balaban J connectivity index is 2.03. The Morgan fingerprint density at radius 1 is 1.29 bits per heavy atom. The van der Waals surface area contributed by atoms with Crippen molar-refractivity contribution >= 4 is 5.95 Å². The summed E-state index contributed by atoms with van der Waals surface area (Å²) >= 11 is 0. The van der Waals surface area contributed by atoms with Crippen molar-refractivity contribution in [3.63, 3.8) is 0 Å². The van der Waals surface area contributed by atoms with Gasteiger partial charge in [0.25, 0.3) is 0 Å². The van der Waals surface area contributed by atoms with Gasteiger partial charge in [0, 0.05) is 51.2 Å². The quantitative estimate of drug-likeness (QED) is 0.862. The molecule has 21 heavy (non-hydrogen) atoms. The molecule has 0 radical (unpaired) electrons. The van der Waals surface area contributed by atoms with Crippen LogP contribution < -0.4 is 4.90 Å². The van der Waals surface area contributed by atoms with Gasteiger partial charge in [0.2, 0.25) is 5.95 Å². The molecule has 2 heterocycles. The minimum atomic E-state index is 0.239. The molecule has 1 aromatic heterocycles. The van der Waals surface area contributed by atoms with Crippen LogP contribution >= 0.6 is 0 Å². The highest BCUT2D eigenvalue weighted by Gasteiger charge is 2.28. The van der Waals surface area contributed by atoms with Crippen molar-refractivity contribution in [1.29, 1.82) is 0 Å². The van der Waals surface area contributed by atoms with E-state index < -0.39 is 0 Å². The summed E-state index contributed by atoms with van der Waals surface area (Å²) in [5.41, 5.74) is 1.17. The second kappa shape index (κ2) is 7.71. The molecule has 0 bridgehead atoms. The van der Waals surface area contributed by atoms with Gasteiger partial charge in [-0.15, -0.1) is 0 Å². The standard InChI is InChI=1S/C16H28N4O/c1-4-14-9-17-16(18-10-14)20-7-6-19(11-13(2)3)15(12-20)5-8-21/h9-10,13,15,21H,4-8,11-12H2,1-3H3. The van der Waals surface area contributed by atoms with Gasteiger partial charge in [0.15, 0.2) is 0 Å². The normalized spacial score (nSPS) is 20.2. The van der Waals surface area contributed by atoms with Crippen molar-refractivity contribution in [3.8, 4) is 0 Å². The molecule has 0 aliphatic carbocycles. The molecule has 1 aliphatic heterocycles. The molecule has 5 heteroatoms. The molecule has 1 saturated heterocycles. The summed E-state index contributed by atoms with van der Waals surface area (Å²) < 4.78 is 0. The third kappa shape index (κ3) is 4.38. The van der Waals surface area contributed by atoms with Gasteiger partial charge in [-0.1, -0.05) is 20.8 Å². The second-order valence-electron chi connectivity index (χ2n) is 6.25. The largest absolute Gasteiger partial charge is 0.396 e. The Hall–Kier alpha value is -1.20. The third-order valence-electron chi connectivity index (χ3n) is 4.05. The highest BCUT2D eigenvalue weighted by atomic mass is 16.3. The molecular weight excluding hydrogens is 264 g/mol. The number of hydrogen-bond donors (Lipinski definition) is 1. The van der Waals surface area contributed by atoms with E-state index in [-0.39, 0.29) is 6.61 Å². The zero-order chi connectivity index (χ0) is 15.2. The first-order chi connectivity index (χ1) is 10.1. The van der Waals surface area contributed by atoms with E-state index in [1.54, 1.807) is 0 Å². The van der Waals surface area contributed by atoms with Crippen LogP contribution in [0.15, 0.2) is 12.4 Å².